The van der Waals surface area contributed by atoms with E-state index in [-0.39, 0.29) is 0 Å². The fourth-order valence-electron chi connectivity index (χ4n) is 11.8. The number of aliphatic imine (C=N–C) groups is 1. The second kappa shape index (κ2) is 15.3. The van der Waals surface area contributed by atoms with Crippen LogP contribution in [-0.2, 0) is 0 Å². The molecule has 6 heterocycles. The Morgan fingerprint density at radius 2 is 0.918 bits per heavy atom. The van der Waals surface area contributed by atoms with E-state index >= 15 is 0 Å². The van der Waals surface area contributed by atoms with Crippen LogP contribution >= 0.6 is 0 Å². The molecule has 0 unspecified atom stereocenters. The summed E-state index contributed by atoms with van der Waals surface area (Å²) in [7, 11) is 0. The maximum Gasteiger partial charge on any atom is 0.159 e. The summed E-state index contributed by atoms with van der Waals surface area (Å²) >= 11 is 0. The lowest BCUT2D eigenvalue weighted by Crippen LogP contribution is -2.31. The Balaban J connectivity index is 1.06. The van der Waals surface area contributed by atoms with Gasteiger partial charge in [-0.15, -0.1) is 0 Å². The van der Waals surface area contributed by atoms with Crippen molar-refractivity contribution < 1.29 is 13.3 Å². The van der Waals surface area contributed by atoms with E-state index in [0.29, 0.717) is 0 Å². The number of para-hydroxylation sites is 6. The smallest absolute Gasteiger partial charge is 0.159 e. The molecule has 0 radical (unpaired) electrons. The average Bonchev–Trinajstić information content (AvgIpc) is 4.26. The van der Waals surface area contributed by atoms with E-state index in [4.69, 9.17) is 18.2 Å². The SMILES string of the molecule is C1=c2/c(c3cc(-c4ccc5c(c4)c4ccccc4n5-c4ccccc4)ccc3n2-c2cccc3c2oc2ccccc23)=C(c2cccc3oc4ccccc4c23)\N=C(c2cccc3oc4ccccc4c23)/C=C/1. The van der Waals surface area contributed by atoms with Crippen LogP contribution in [0.15, 0.2) is 249 Å². The first-order valence-electron chi connectivity index (χ1n) is 24.7. The van der Waals surface area contributed by atoms with Crippen molar-refractivity contribution in [3.05, 3.63) is 252 Å². The summed E-state index contributed by atoms with van der Waals surface area (Å²) in [6.45, 7) is 0. The van der Waals surface area contributed by atoms with Crippen LogP contribution in [0.2, 0.25) is 0 Å². The van der Waals surface area contributed by atoms with E-state index in [9.17, 15) is 0 Å². The Kier molecular flexibility index (Phi) is 8.36. The summed E-state index contributed by atoms with van der Waals surface area (Å²) in [5, 5.41) is 11.7. The maximum atomic E-state index is 6.85. The molecule has 0 amide bonds. The number of aromatic nitrogens is 2. The molecule has 0 spiro atoms. The van der Waals surface area contributed by atoms with Gasteiger partial charge in [-0.05, 0) is 102 Å². The fraction of sp³-hybridized carbons (Fsp3) is 0. The molecule has 0 N–H and O–H groups in total. The van der Waals surface area contributed by atoms with Crippen molar-refractivity contribution in [2.75, 3.05) is 0 Å². The van der Waals surface area contributed by atoms with Gasteiger partial charge in [0.25, 0.3) is 0 Å². The number of benzene rings is 10. The van der Waals surface area contributed by atoms with Gasteiger partial charge in [0.1, 0.15) is 27.9 Å². The van der Waals surface area contributed by atoms with Crippen LogP contribution in [0.4, 0.5) is 0 Å². The lowest BCUT2D eigenvalue weighted by atomic mass is 9.97. The Bertz CT molecular complexity index is 5030. The van der Waals surface area contributed by atoms with Crippen LogP contribution in [0.1, 0.15) is 11.1 Å². The van der Waals surface area contributed by atoms with Gasteiger partial charge in [0.2, 0.25) is 0 Å². The number of fused-ring (bicyclic) bond motifs is 15. The van der Waals surface area contributed by atoms with Crippen molar-refractivity contribution in [2.45, 2.75) is 0 Å². The van der Waals surface area contributed by atoms with Gasteiger partial charge < -0.3 is 22.4 Å². The second-order valence-electron chi connectivity index (χ2n) is 18.9. The number of allylic oxidation sites excluding steroid dienone is 2. The molecule has 0 bridgehead atoms. The van der Waals surface area contributed by atoms with E-state index in [1.807, 2.05) is 36.4 Å². The molecule has 0 saturated carbocycles. The topological polar surface area (TPSA) is 61.6 Å². The van der Waals surface area contributed by atoms with Crippen molar-refractivity contribution >= 4 is 116 Å². The number of furan rings is 3. The summed E-state index contributed by atoms with van der Waals surface area (Å²) in [5.41, 5.74) is 16.2. The van der Waals surface area contributed by atoms with Gasteiger partial charge in [0.15, 0.2) is 5.58 Å². The summed E-state index contributed by atoms with van der Waals surface area (Å²) in [4.78, 5) is 5.96. The molecule has 16 rings (SSSR count). The van der Waals surface area contributed by atoms with Crippen molar-refractivity contribution in [1.29, 1.82) is 0 Å². The van der Waals surface area contributed by atoms with Crippen molar-refractivity contribution in [2.24, 2.45) is 4.99 Å². The Morgan fingerprint density at radius 1 is 0.370 bits per heavy atom. The Morgan fingerprint density at radius 3 is 1.66 bits per heavy atom. The van der Waals surface area contributed by atoms with E-state index in [0.717, 1.165) is 138 Å². The molecule has 5 aromatic heterocycles. The van der Waals surface area contributed by atoms with Crippen LogP contribution < -0.4 is 10.6 Å². The standard InChI is InChI=1S/C67H39N3O3/c1-2-16-42(17-3-1)69-53-26-8-4-18-43(53)50-38-40(34-36-54(50)69)41-35-37-55-51(39-41)65-56(70(55)57-28-12-22-45-44-19-5-9-29-58(44)73-67(45)57)27-15-25-52(46-23-13-32-61-63(46)47-20-6-10-30-59(47)71-61)68-66(65)49-24-14-33-62-64(49)48-21-7-11-31-60(48)72-62/h1-39H/b25-15+,27-15?,52-25?,56-27-,66-65-,68-52+,68-66?. The van der Waals surface area contributed by atoms with Gasteiger partial charge >= 0.3 is 0 Å². The minimum absolute atomic E-state index is 0.799. The minimum atomic E-state index is 0.799. The minimum Gasteiger partial charge on any atom is -0.456 e. The van der Waals surface area contributed by atoms with Crippen molar-refractivity contribution in [3.63, 3.8) is 0 Å². The third-order valence-corrected chi connectivity index (χ3v) is 15.0. The molecule has 340 valence electrons. The van der Waals surface area contributed by atoms with Gasteiger partial charge in [0.05, 0.1) is 39.0 Å². The number of hydrogen-bond donors (Lipinski definition) is 0. The van der Waals surface area contributed by atoms with Crippen molar-refractivity contribution in [3.8, 4) is 22.5 Å². The van der Waals surface area contributed by atoms with Crippen LogP contribution in [0, 0.1) is 0 Å². The molecule has 0 fully saturated rings. The normalized spacial score (nSPS) is 15.4. The number of rotatable bonds is 5. The predicted molar refractivity (Wildman–Crippen MR) is 300 cm³/mol. The maximum absolute atomic E-state index is 6.85. The lowest BCUT2D eigenvalue weighted by Gasteiger charge is -2.11. The highest BCUT2D eigenvalue weighted by Gasteiger charge is 2.24. The highest BCUT2D eigenvalue weighted by Crippen LogP contribution is 2.40. The highest BCUT2D eigenvalue weighted by molar-refractivity contribution is 6.24. The fourth-order valence-corrected chi connectivity index (χ4v) is 11.8. The molecule has 0 atom stereocenters. The zero-order valence-corrected chi connectivity index (χ0v) is 39.1. The first-order chi connectivity index (χ1) is 36.2. The molecule has 1 aliphatic heterocycles. The molecule has 1 aliphatic rings. The summed E-state index contributed by atoms with van der Waals surface area (Å²) < 4.78 is 24.7. The highest BCUT2D eigenvalue weighted by atomic mass is 16.3. The Hall–Kier alpha value is -9.91. The van der Waals surface area contributed by atoms with Gasteiger partial charge in [-0.25, -0.2) is 4.99 Å². The molecule has 0 aliphatic carbocycles. The molecule has 6 heteroatoms. The van der Waals surface area contributed by atoms with Gasteiger partial charge in [-0.3, -0.25) is 0 Å². The number of nitrogens with zero attached hydrogens (tertiary/aromatic N) is 3. The molecule has 15 aromatic rings. The van der Waals surface area contributed by atoms with E-state index in [1.54, 1.807) is 0 Å². The van der Waals surface area contributed by atoms with Crippen LogP contribution in [0.5, 0.6) is 0 Å². The third-order valence-electron chi connectivity index (χ3n) is 15.0. The van der Waals surface area contributed by atoms with Gasteiger partial charge in [-0.2, -0.15) is 0 Å². The summed E-state index contributed by atoms with van der Waals surface area (Å²) in [6.07, 6.45) is 6.54. The van der Waals surface area contributed by atoms with E-state index < -0.39 is 0 Å². The van der Waals surface area contributed by atoms with Crippen LogP contribution in [0.25, 0.3) is 133 Å². The zero-order chi connectivity index (χ0) is 47.7. The van der Waals surface area contributed by atoms with E-state index in [1.165, 1.54) is 16.3 Å². The molecular formula is C67H39N3O3. The molecule has 10 aromatic carbocycles. The Labute approximate surface area is 416 Å². The quantitative estimate of drug-likeness (QED) is 0.173. The van der Waals surface area contributed by atoms with E-state index in [2.05, 4.69) is 209 Å². The molecule has 73 heavy (non-hydrogen) atoms. The summed E-state index contributed by atoms with van der Waals surface area (Å²) in [5.74, 6) is 0. The van der Waals surface area contributed by atoms with Gasteiger partial charge in [0, 0.05) is 70.5 Å². The molecule has 6 nitrogen and oxygen atoms in total. The van der Waals surface area contributed by atoms with Crippen LogP contribution in [-0.4, -0.2) is 14.8 Å². The first kappa shape index (κ1) is 39.9. The zero-order valence-electron chi connectivity index (χ0n) is 39.1. The van der Waals surface area contributed by atoms with Gasteiger partial charge in [-0.1, -0.05) is 146 Å². The first-order valence-corrected chi connectivity index (χ1v) is 24.7. The third kappa shape index (κ3) is 5.83. The average molecular weight is 934 g/mol. The monoisotopic (exact) mass is 933 g/mol. The van der Waals surface area contributed by atoms with Crippen molar-refractivity contribution in [1.82, 2.24) is 9.13 Å². The lowest BCUT2D eigenvalue weighted by molar-refractivity contribution is 0.665. The van der Waals surface area contributed by atoms with Crippen LogP contribution in [0.3, 0.4) is 0 Å². The second-order valence-corrected chi connectivity index (χ2v) is 18.9. The predicted octanol–water partition coefficient (Wildman–Crippen LogP) is 16.1. The summed E-state index contributed by atoms with van der Waals surface area (Å²) in [6, 6.07) is 77.1. The molecule has 0 saturated heterocycles. The number of hydrogen-bond acceptors (Lipinski definition) is 4. The largest absolute Gasteiger partial charge is 0.456 e. The molecular weight excluding hydrogens is 895 g/mol.